The van der Waals surface area contributed by atoms with Gasteiger partial charge >= 0.3 is 5.97 Å². The highest BCUT2D eigenvalue weighted by atomic mass is 16.7. The van der Waals surface area contributed by atoms with Gasteiger partial charge in [0.25, 0.3) is 5.91 Å². The molecule has 0 saturated carbocycles. The van der Waals surface area contributed by atoms with Gasteiger partial charge in [0.15, 0.2) is 28.8 Å². The fourth-order valence-electron chi connectivity index (χ4n) is 4.85. The molecule has 4 atom stereocenters. The van der Waals surface area contributed by atoms with Crippen LogP contribution < -0.4 is 5.32 Å². The smallest absolute Gasteiger partial charge is 0.302 e. The number of benzene rings is 2. The molecule has 1 amide bonds. The summed E-state index contributed by atoms with van der Waals surface area (Å²) in [6.45, 7) is 1.88. The van der Waals surface area contributed by atoms with Crippen molar-refractivity contribution in [3.63, 3.8) is 0 Å². The second kappa shape index (κ2) is 9.93. The Morgan fingerprint density at radius 2 is 1.84 bits per heavy atom. The number of nitrogens with one attached hydrogen (secondary N) is 1. The van der Waals surface area contributed by atoms with E-state index in [1.54, 1.807) is 35.2 Å². The van der Waals surface area contributed by atoms with Gasteiger partial charge in [-0.2, -0.15) is 0 Å². The zero-order valence-electron chi connectivity index (χ0n) is 20.5. The number of nitrogens with zero attached hydrogens (tertiary/aromatic N) is 4. The molecule has 0 unspecified atom stereocenters. The van der Waals surface area contributed by atoms with E-state index in [1.807, 2.05) is 36.4 Å². The molecule has 194 valence electrons. The summed E-state index contributed by atoms with van der Waals surface area (Å²) in [6, 6.07) is 18.6. The Bertz CT molecular complexity index is 1460. The molecule has 4 heterocycles. The van der Waals surface area contributed by atoms with E-state index in [0.29, 0.717) is 23.3 Å². The Hall–Kier alpha value is -4.19. The van der Waals surface area contributed by atoms with Crippen molar-refractivity contribution in [3.05, 3.63) is 84.4 Å². The summed E-state index contributed by atoms with van der Waals surface area (Å²) < 4.78 is 26.0. The lowest BCUT2D eigenvalue weighted by Gasteiger charge is -2.31. The quantitative estimate of drug-likeness (QED) is 0.352. The third-order valence-electron chi connectivity index (χ3n) is 6.67. The monoisotopic (exact) mass is 515 g/mol. The summed E-state index contributed by atoms with van der Waals surface area (Å²) in [4.78, 5) is 37.5. The molecule has 11 nitrogen and oxygen atoms in total. The Morgan fingerprint density at radius 3 is 2.61 bits per heavy atom. The number of carbonyl (C=O) groups excluding carboxylic acids is 2. The predicted octanol–water partition coefficient (Wildman–Crippen LogP) is 2.89. The van der Waals surface area contributed by atoms with Gasteiger partial charge in [-0.25, -0.2) is 15.0 Å². The number of anilines is 1. The van der Waals surface area contributed by atoms with Crippen LogP contribution in [0.3, 0.4) is 0 Å². The van der Waals surface area contributed by atoms with Gasteiger partial charge in [0, 0.05) is 12.5 Å². The number of rotatable bonds is 8. The molecule has 2 saturated heterocycles. The number of ether oxygens (including phenoxy) is 4. The van der Waals surface area contributed by atoms with Crippen LogP contribution in [0.4, 0.5) is 5.82 Å². The predicted molar refractivity (Wildman–Crippen MR) is 134 cm³/mol. The van der Waals surface area contributed by atoms with Crippen molar-refractivity contribution in [3.8, 4) is 0 Å². The van der Waals surface area contributed by atoms with Crippen LogP contribution in [0.5, 0.6) is 0 Å². The molecule has 2 aromatic carbocycles. The molecule has 4 aromatic rings. The van der Waals surface area contributed by atoms with E-state index in [2.05, 4.69) is 20.3 Å². The van der Waals surface area contributed by atoms with Crippen molar-refractivity contribution in [1.82, 2.24) is 19.5 Å². The average Bonchev–Trinajstić information content (AvgIpc) is 3.62. The third-order valence-corrected chi connectivity index (χ3v) is 6.67. The lowest BCUT2D eigenvalue weighted by Crippen LogP contribution is -2.46. The Balaban J connectivity index is 1.28. The minimum absolute atomic E-state index is 0.0191. The second-order valence-electron chi connectivity index (χ2n) is 9.21. The Kier molecular flexibility index (Phi) is 6.32. The average molecular weight is 516 g/mol. The zero-order chi connectivity index (χ0) is 26.1. The van der Waals surface area contributed by atoms with E-state index in [-0.39, 0.29) is 24.9 Å². The fourth-order valence-corrected chi connectivity index (χ4v) is 4.85. The molecule has 11 heteroatoms. The zero-order valence-corrected chi connectivity index (χ0v) is 20.5. The molecule has 2 aliphatic rings. The minimum atomic E-state index is -0.996. The standard InChI is InChI=1S/C27H25N5O6/c1-17(33)36-13-27-14-37-21(22(27)35-12-18-8-4-2-5-9-18)26(38-27)32-16-30-20-23(28-15-29-24(20)32)31-25(34)19-10-6-3-7-11-19/h2-11,15-16,21-22,26H,12-14H2,1H3,(H,28,29,31,34)/t21-,22+,26+,27+/m0/s1. The largest absolute Gasteiger partial charge is 0.463 e. The summed E-state index contributed by atoms with van der Waals surface area (Å²) in [7, 11) is 0. The maximum Gasteiger partial charge on any atom is 0.302 e. The van der Waals surface area contributed by atoms with Crippen molar-refractivity contribution in [2.24, 2.45) is 0 Å². The van der Waals surface area contributed by atoms with Crippen LogP contribution in [-0.4, -0.2) is 62.4 Å². The highest BCUT2D eigenvalue weighted by molar-refractivity contribution is 6.06. The highest BCUT2D eigenvalue weighted by Crippen LogP contribution is 2.47. The Morgan fingerprint density at radius 1 is 1.08 bits per heavy atom. The van der Waals surface area contributed by atoms with Crippen molar-refractivity contribution < 1.29 is 28.5 Å². The third kappa shape index (κ3) is 4.40. The number of hydrogen-bond donors (Lipinski definition) is 1. The number of amides is 1. The molecule has 0 spiro atoms. The van der Waals surface area contributed by atoms with Gasteiger partial charge in [0.05, 0.1) is 19.5 Å². The number of imidazole rings is 1. The lowest BCUT2D eigenvalue weighted by atomic mass is 10.00. The lowest BCUT2D eigenvalue weighted by molar-refractivity contribution is -0.196. The van der Waals surface area contributed by atoms with Gasteiger partial charge in [0.1, 0.15) is 25.1 Å². The molecule has 2 bridgehead atoms. The summed E-state index contributed by atoms with van der Waals surface area (Å²) in [6.07, 6.45) is 1.25. The van der Waals surface area contributed by atoms with Crippen LogP contribution in [-0.2, 0) is 30.3 Å². The maximum absolute atomic E-state index is 12.7. The van der Waals surface area contributed by atoms with Gasteiger partial charge < -0.3 is 24.3 Å². The number of esters is 1. The van der Waals surface area contributed by atoms with Crippen molar-refractivity contribution in [1.29, 1.82) is 0 Å². The number of aromatic nitrogens is 4. The normalized spacial score (nSPS) is 24.0. The van der Waals surface area contributed by atoms with E-state index in [1.165, 1.54) is 13.3 Å². The van der Waals surface area contributed by atoms with Crippen LogP contribution in [0, 0.1) is 0 Å². The van der Waals surface area contributed by atoms with Crippen LogP contribution in [0.1, 0.15) is 29.1 Å². The number of carbonyl (C=O) groups is 2. The topological polar surface area (TPSA) is 127 Å². The molecule has 0 radical (unpaired) electrons. The first-order chi connectivity index (χ1) is 18.5. The molecule has 38 heavy (non-hydrogen) atoms. The van der Waals surface area contributed by atoms with Crippen molar-refractivity contribution in [2.75, 3.05) is 18.5 Å². The molecule has 2 fully saturated rings. The van der Waals surface area contributed by atoms with E-state index in [0.717, 1.165) is 5.56 Å². The van der Waals surface area contributed by atoms with Crippen LogP contribution >= 0.6 is 0 Å². The van der Waals surface area contributed by atoms with E-state index < -0.39 is 30.0 Å². The van der Waals surface area contributed by atoms with E-state index in [4.69, 9.17) is 18.9 Å². The summed E-state index contributed by atoms with van der Waals surface area (Å²) in [5.41, 5.74) is 1.35. The van der Waals surface area contributed by atoms with Crippen LogP contribution in [0.15, 0.2) is 73.3 Å². The first kappa shape index (κ1) is 24.2. The van der Waals surface area contributed by atoms with E-state index >= 15 is 0 Å². The molecule has 0 aliphatic carbocycles. The molecule has 2 aliphatic heterocycles. The second-order valence-corrected chi connectivity index (χ2v) is 9.21. The maximum atomic E-state index is 12.7. The molecule has 6 rings (SSSR count). The van der Waals surface area contributed by atoms with Gasteiger partial charge in [-0.15, -0.1) is 0 Å². The molecular weight excluding hydrogens is 490 g/mol. The van der Waals surface area contributed by atoms with Gasteiger partial charge in [-0.05, 0) is 17.7 Å². The summed E-state index contributed by atoms with van der Waals surface area (Å²) in [5.74, 6) is -0.455. The number of fused-ring (bicyclic) bond motifs is 3. The van der Waals surface area contributed by atoms with Gasteiger partial charge in [-0.3, -0.25) is 14.2 Å². The molecular formula is C27H25N5O6. The SMILES string of the molecule is CC(=O)OC[C@]12CO[C@H]([C@H](n3cnc4c(NC(=O)c5ccccc5)ncnc43)O1)[C@H]2OCc1ccccc1. The van der Waals surface area contributed by atoms with Gasteiger partial charge in [0.2, 0.25) is 0 Å². The minimum Gasteiger partial charge on any atom is -0.463 e. The number of hydrogen-bond acceptors (Lipinski definition) is 9. The Labute approximate surface area is 217 Å². The van der Waals surface area contributed by atoms with E-state index in [9.17, 15) is 9.59 Å². The van der Waals surface area contributed by atoms with Crippen LogP contribution in [0.25, 0.3) is 11.2 Å². The van der Waals surface area contributed by atoms with Gasteiger partial charge in [-0.1, -0.05) is 48.5 Å². The van der Waals surface area contributed by atoms with Crippen molar-refractivity contribution in [2.45, 2.75) is 37.6 Å². The summed E-state index contributed by atoms with van der Waals surface area (Å²) in [5, 5.41) is 2.81. The summed E-state index contributed by atoms with van der Waals surface area (Å²) >= 11 is 0. The van der Waals surface area contributed by atoms with Crippen LogP contribution in [0.2, 0.25) is 0 Å². The fraction of sp³-hybridized carbons (Fsp3) is 0.296. The molecule has 2 aromatic heterocycles. The first-order valence-corrected chi connectivity index (χ1v) is 12.2. The van der Waals surface area contributed by atoms with Crippen molar-refractivity contribution >= 4 is 28.9 Å². The molecule has 1 N–H and O–H groups in total. The highest BCUT2D eigenvalue weighted by Gasteiger charge is 2.64. The first-order valence-electron chi connectivity index (χ1n) is 12.2.